The molecule has 1 amide bonds. The van der Waals surface area contributed by atoms with Gasteiger partial charge in [-0.3, -0.25) is 9.52 Å². The molecule has 0 saturated carbocycles. The molecule has 8 nitrogen and oxygen atoms in total. The number of anilines is 2. The van der Waals surface area contributed by atoms with E-state index in [2.05, 4.69) is 15.0 Å². The van der Waals surface area contributed by atoms with E-state index in [0.717, 1.165) is 16.1 Å². The summed E-state index contributed by atoms with van der Waals surface area (Å²) >= 11 is 1.32. The molecule has 0 aliphatic carbocycles. The number of aromatic nitrogens is 1. The number of carbonyl (C=O) groups excluding carboxylic acids is 1. The number of hydrogen-bond donors (Lipinski definition) is 3. The van der Waals surface area contributed by atoms with Gasteiger partial charge < -0.3 is 10.1 Å². The molecular weight excluding hydrogens is 376 g/mol. The zero-order valence-corrected chi connectivity index (χ0v) is 16.6. The van der Waals surface area contributed by atoms with E-state index in [4.69, 9.17) is 9.88 Å². The van der Waals surface area contributed by atoms with Crippen LogP contribution in [0, 0.1) is 12.8 Å². The van der Waals surface area contributed by atoms with Crippen molar-refractivity contribution in [2.75, 3.05) is 17.1 Å². The highest BCUT2D eigenvalue weighted by molar-refractivity contribution is 7.90. The molecule has 0 spiro atoms. The second-order valence-electron chi connectivity index (χ2n) is 6.14. The lowest BCUT2D eigenvalue weighted by atomic mass is 10.1. The maximum Gasteiger partial charge on any atom is 0.296 e. The average Bonchev–Trinajstić information content (AvgIpc) is 2.85. The van der Waals surface area contributed by atoms with E-state index in [1.165, 1.54) is 18.4 Å². The summed E-state index contributed by atoms with van der Waals surface area (Å²) in [6.07, 6.45) is 0.416. The van der Waals surface area contributed by atoms with Crippen molar-refractivity contribution in [3.63, 3.8) is 0 Å². The Kier molecular flexibility index (Phi) is 6.21. The van der Waals surface area contributed by atoms with Crippen LogP contribution in [0.4, 0.5) is 10.8 Å². The Bertz CT molecular complexity index is 907. The van der Waals surface area contributed by atoms with E-state index in [1.54, 1.807) is 18.2 Å². The quantitative estimate of drug-likeness (QED) is 0.662. The molecule has 142 valence electrons. The molecule has 26 heavy (non-hydrogen) atoms. The summed E-state index contributed by atoms with van der Waals surface area (Å²) in [5.74, 6) is 0.506. The average molecular weight is 399 g/mol. The van der Waals surface area contributed by atoms with Gasteiger partial charge in [-0.15, -0.1) is 0 Å². The number of benzene rings is 1. The molecule has 2 rings (SSSR count). The van der Waals surface area contributed by atoms with Gasteiger partial charge in [0.2, 0.25) is 5.91 Å². The van der Waals surface area contributed by atoms with Gasteiger partial charge in [0.05, 0.1) is 23.4 Å². The van der Waals surface area contributed by atoms with E-state index in [1.807, 2.05) is 20.8 Å². The number of nitrogens with two attached hydrogens (primary N) is 1. The van der Waals surface area contributed by atoms with Gasteiger partial charge in [-0.2, -0.15) is 8.42 Å². The van der Waals surface area contributed by atoms with E-state index in [9.17, 15) is 13.2 Å². The topological polar surface area (TPSA) is 123 Å². The van der Waals surface area contributed by atoms with Crippen molar-refractivity contribution in [2.45, 2.75) is 27.2 Å². The monoisotopic (exact) mass is 398 g/mol. The summed E-state index contributed by atoms with van der Waals surface area (Å²) in [6, 6.07) is 5.04. The molecule has 2 aromatic rings. The van der Waals surface area contributed by atoms with Gasteiger partial charge >= 0.3 is 0 Å². The number of nitrogens with one attached hydrogen (secondary N) is 2. The first kappa shape index (κ1) is 20.1. The van der Waals surface area contributed by atoms with Crippen molar-refractivity contribution in [1.82, 2.24) is 4.98 Å². The number of nitrogens with zero attached hydrogens (tertiary/aromatic N) is 1. The smallest absolute Gasteiger partial charge is 0.296 e. The molecule has 0 aliphatic rings. The fourth-order valence-corrected chi connectivity index (χ4v) is 3.79. The maximum atomic E-state index is 11.9. The Balaban J connectivity index is 2.33. The van der Waals surface area contributed by atoms with Crippen molar-refractivity contribution < 1.29 is 17.9 Å². The highest BCUT2D eigenvalue weighted by atomic mass is 32.2. The molecule has 0 bridgehead atoms. The Labute approximate surface area is 157 Å². The number of hydrogen-bond acceptors (Lipinski definition) is 6. The molecule has 0 fully saturated rings. The fraction of sp³-hybridized carbons (Fsp3) is 0.375. The van der Waals surface area contributed by atoms with Crippen LogP contribution in [0.3, 0.4) is 0 Å². The molecule has 1 heterocycles. The van der Waals surface area contributed by atoms with Crippen LogP contribution in [0.15, 0.2) is 18.2 Å². The molecule has 0 aliphatic heterocycles. The Hall–Kier alpha value is -2.17. The number of methoxy groups -OCH3 is 1. The van der Waals surface area contributed by atoms with Crippen LogP contribution in [-0.2, 0) is 15.0 Å². The number of ether oxygens (including phenoxy) is 1. The zero-order chi connectivity index (χ0) is 19.5. The molecule has 4 N–H and O–H groups in total. The van der Waals surface area contributed by atoms with Gasteiger partial charge in [0.1, 0.15) is 5.75 Å². The Morgan fingerprint density at radius 3 is 2.65 bits per heavy atom. The van der Waals surface area contributed by atoms with Gasteiger partial charge in [0.15, 0.2) is 5.13 Å². The van der Waals surface area contributed by atoms with Crippen LogP contribution in [0.1, 0.15) is 26.0 Å². The van der Waals surface area contributed by atoms with Gasteiger partial charge in [0, 0.05) is 6.42 Å². The number of aryl methyl sites for hydroxylation is 1. The fourth-order valence-electron chi connectivity index (χ4n) is 2.34. The molecular formula is C16H22N4O4S2. The van der Waals surface area contributed by atoms with E-state index in [-0.39, 0.29) is 17.5 Å². The van der Waals surface area contributed by atoms with Crippen molar-refractivity contribution in [3.05, 3.63) is 23.9 Å². The third-order valence-corrected chi connectivity index (χ3v) is 4.98. The third-order valence-electron chi connectivity index (χ3n) is 3.35. The minimum Gasteiger partial charge on any atom is -0.495 e. The van der Waals surface area contributed by atoms with Crippen molar-refractivity contribution >= 4 is 38.3 Å². The standard InChI is InChI=1S/C16H22N4O4S2/c1-9(2)7-14(21)19-16-18-10(3)15(25-16)11-5-6-13(24-4)12(8-11)20-26(17,22)23/h5-6,8-9,20H,7H2,1-4H3,(H2,17,22,23)(H,18,19,21). The van der Waals surface area contributed by atoms with Crippen molar-refractivity contribution in [3.8, 4) is 16.2 Å². The lowest BCUT2D eigenvalue weighted by Crippen LogP contribution is -2.22. The lowest BCUT2D eigenvalue weighted by molar-refractivity contribution is -0.116. The van der Waals surface area contributed by atoms with E-state index < -0.39 is 10.2 Å². The molecule has 0 atom stereocenters. The van der Waals surface area contributed by atoms with Crippen molar-refractivity contribution in [1.29, 1.82) is 0 Å². The largest absolute Gasteiger partial charge is 0.495 e. The van der Waals surface area contributed by atoms with E-state index in [0.29, 0.717) is 17.3 Å². The maximum absolute atomic E-state index is 11.9. The van der Waals surface area contributed by atoms with Crippen molar-refractivity contribution in [2.24, 2.45) is 11.1 Å². The van der Waals surface area contributed by atoms with Gasteiger partial charge in [-0.25, -0.2) is 10.1 Å². The summed E-state index contributed by atoms with van der Waals surface area (Å²) in [7, 11) is -2.51. The summed E-state index contributed by atoms with van der Waals surface area (Å²) < 4.78 is 30.1. The second-order valence-corrected chi connectivity index (χ2v) is 8.44. The van der Waals surface area contributed by atoms with Crippen LogP contribution in [0.5, 0.6) is 5.75 Å². The molecule has 10 heteroatoms. The number of carbonyl (C=O) groups is 1. The number of thiazole rings is 1. The van der Waals surface area contributed by atoms with Gasteiger partial charge in [-0.05, 0) is 36.6 Å². The summed E-state index contributed by atoms with van der Waals surface area (Å²) in [4.78, 5) is 17.1. The minimum absolute atomic E-state index is 0.0911. The zero-order valence-electron chi connectivity index (χ0n) is 15.0. The van der Waals surface area contributed by atoms with Crippen LogP contribution in [-0.4, -0.2) is 26.4 Å². The van der Waals surface area contributed by atoms with Crippen LogP contribution in [0.2, 0.25) is 0 Å². The first-order chi connectivity index (χ1) is 12.1. The molecule has 1 aromatic heterocycles. The van der Waals surface area contributed by atoms with Gasteiger partial charge in [-0.1, -0.05) is 25.2 Å². The van der Waals surface area contributed by atoms with E-state index >= 15 is 0 Å². The highest BCUT2D eigenvalue weighted by Gasteiger charge is 2.16. The Morgan fingerprint density at radius 2 is 2.08 bits per heavy atom. The first-order valence-corrected chi connectivity index (χ1v) is 10.2. The molecule has 1 aromatic carbocycles. The summed E-state index contributed by atoms with van der Waals surface area (Å²) in [5.41, 5.74) is 1.68. The Morgan fingerprint density at radius 1 is 1.38 bits per heavy atom. The summed E-state index contributed by atoms with van der Waals surface area (Å²) in [6.45, 7) is 5.76. The molecule has 0 unspecified atom stereocenters. The minimum atomic E-state index is -3.94. The third kappa shape index (κ3) is 5.41. The predicted molar refractivity (Wildman–Crippen MR) is 104 cm³/mol. The number of rotatable bonds is 7. The van der Waals surface area contributed by atoms with Crippen LogP contribution in [0.25, 0.3) is 10.4 Å². The van der Waals surface area contributed by atoms with Gasteiger partial charge in [0.25, 0.3) is 10.2 Å². The number of amides is 1. The molecule has 0 saturated heterocycles. The normalized spacial score (nSPS) is 11.5. The SMILES string of the molecule is COc1ccc(-c2sc(NC(=O)CC(C)C)nc2C)cc1NS(N)(=O)=O. The highest BCUT2D eigenvalue weighted by Crippen LogP contribution is 2.37. The predicted octanol–water partition coefficient (Wildman–Crippen LogP) is 2.73. The lowest BCUT2D eigenvalue weighted by Gasteiger charge is -2.11. The molecule has 0 radical (unpaired) electrons. The summed E-state index contributed by atoms with van der Waals surface area (Å²) in [5, 5.41) is 8.35. The second kappa shape index (κ2) is 8.02. The van der Waals surface area contributed by atoms with Crippen LogP contribution < -0.4 is 19.9 Å². The first-order valence-electron chi connectivity index (χ1n) is 7.85. The van der Waals surface area contributed by atoms with Crippen LogP contribution >= 0.6 is 11.3 Å².